The highest BCUT2D eigenvalue weighted by Gasteiger charge is 2.19. The van der Waals surface area contributed by atoms with Crippen molar-refractivity contribution in [2.45, 2.75) is 6.10 Å². The van der Waals surface area contributed by atoms with Crippen molar-refractivity contribution in [3.8, 4) is 0 Å². The molecule has 6 heteroatoms. The summed E-state index contributed by atoms with van der Waals surface area (Å²) in [4.78, 5) is 28.1. The lowest BCUT2D eigenvalue weighted by molar-refractivity contribution is -0.141. The Kier molecular flexibility index (Phi) is 6.47. The molecular weight excluding hydrogens is 373 g/mol. The first-order valence-electron chi connectivity index (χ1n) is 8.80. The molecule has 5 nitrogen and oxygen atoms in total. The zero-order valence-corrected chi connectivity index (χ0v) is 15.6. The highest BCUT2D eigenvalue weighted by Crippen LogP contribution is 2.25. The number of hydrogen-bond acceptors (Lipinski definition) is 5. The molecule has 1 unspecified atom stereocenters. The molecule has 146 valence electrons. The molecule has 1 atom stereocenters. The highest BCUT2D eigenvalue weighted by molar-refractivity contribution is 5.90. The van der Waals surface area contributed by atoms with Crippen molar-refractivity contribution in [3.63, 3.8) is 0 Å². The van der Waals surface area contributed by atoms with E-state index in [1.165, 1.54) is 25.3 Å². The number of nitrogens with zero attached hydrogens (tertiary/aromatic N) is 1. The first-order chi connectivity index (χ1) is 14.1. The van der Waals surface area contributed by atoms with Gasteiger partial charge in [-0.1, -0.05) is 30.3 Å². The standard InChI is InChI=1S/C23H18FNO4/c1-28-23(27)17-11-8-16(9-12-17)10-13-21(26)29-22(20-7-2-3-14-25-20)18-5-4-6-19(24)15-18/h2-15,22H,1H3/b13-10+. The van der Waals surface area contributed by atoms with Gasteiger partial charge in [0.25, 0.3) is 0 Å². The summed E-state index contributed by atoms with van der Waals surface area (Å²) in [6.07, 6.45) is 3.56. The van der Waals surface area contributed by atoms with Crippen molar-refractivity contribution in [1.29, 1.82) is 0 Å². The van der Waals surface area contributed by atoms with Crippen LogP contribution in [0.4, 0.5) is 4.39 Å². The normalized spacial score (nSPS) is 11.8. The van der Waals surface area contributed by atoms with Crippen LogP contribution in [-0.4, -0.2) is 24.0 Å². The lowest BCUT2D eigenvalue weighted by atomic mass is 10.1. The Morgan fingerprint density at radius 2 is 1.83 bits per heavy atom. The molecule has 0 aliphatic carbocycles. The molecule has 2 aromatic carbocycles. The number of carbonyl (C=O) groups is 2. The molecule has 1 aromatic heterocycles. The summed E-state index contributed by atoms with van der Waals surface area (Å²) in [6, 6.07) is 17.6. The fourth-order valence-corrected chi connectivity index (χ4v) is 2.67. The zero-order chi connectivity index (χ0) is 20.6. The summed E-state index contributed by atoms with van der Waals surface area (Å²) in [5, 5.41) is 0. The Hall–Kier alpha value is -3.80. The van der Waals surface area contributed by atoms with Crippen LogP contribution in [-0.2, 0) is 14.3 Å². The van der Waals surface area contributed by atoms with E-state index in [0.717, 1.165) is 0 Å². The van der Waals surface area contributed by atoms with Crippen LogP contribution < -0.4 is 0 Å². The fourth-order valence-electron chi connectivity index (χ4n) is 2.67. The first-order valence-corrected chi connectivity index (χ1v) is 8.80. The van der Waals surface area contributed by atoms with Gasteiger partial charge in [0.05, 0.1) is 18.4 Å². The number of aromatic nitrogens is 1. The topological polar surface area (TPSA) is 65.5 Å². The van der Waals surface area contributed by atoms with Gasteiger partial charge in [0.1, 0.15) is 5.82 Å². The third kappa shape index (κ3) is 5.35. The Balaban J connectivity index is 1.76. The predicted molar refractivity (Wildman–Crippen MR) is 105 cm³/mol. The molecule has 0 aliphatic rings. The molecule has 0 bridgehead atoms. The number of carbonyl (C=O) groups excluding carboxylic acids is 2. The minimum Gasteiger partial charge on any atom is -0.465 e. The maximum atomic E-state index is 13.7. The average Bonchev–Trinajstić information content (AvgIpc) is 2.76. The predicted octanol–water partition coefficient (Wildman–Crippen LogP) is 4.35. The molecule has 0 radical (unpaired) electrons. The lowest BCUT2D eigenvalue weighted by Gasteiger charge is -2.17. The third-order valence-electron chi connectivity index (χ3n) is 4.09. The van der Waals surface area contributed by atoms with Crippen LogP contribution in [0.25, 0.3) is 6.08 Å². The second-order valence-corrected chi connectivity index (χ2v) is 6.07. The summed E-state index contributed by atoms with van der Waals surface area (Å²) in [7, 11) is 1.31. The van der Waals surface area contributed by atoms with E-state index in [4.69, 9.17) is 4.74 Å². The maximum Gasteiger partial charge on any atom is 0.337 e. The van der Waals surface area contributed by atoms with Gasteiger partial charge in [-0.2, -0.15) is 0 Å². The van der Waals surface area contributed by atoms with Crippen molar-refractivity contribution >= 4 is 18.0 Å². The second-order valence-electron chi connectivity index (χ2n) is 6.07. The number of rotatable bonds is 6. The Bertz CT molecular complexity index is 1020. The molecule has 0 saturated carbocycles. The van der Waals surface area contributed by atoms with Crippen molar-refractivity contribution in [2.24, 2.45) is 0 Å². The quantitative estimate of drug-likeness (QED) is 0.462. The van der Waals surface area contributed by atoms with Gasteiger partial charge >= 0.3 is 11.9 Å². The van der Waals surface area contributed by atoms with Crippen LogP contribution in [0, 0.1) is 5.82 Å². The van der Waals surface area contributed by atoms with Crippen LogP contribution in [0.3, 0.4) is 0 Å². The van der Waals surface area contributed by atoms with E-state index in [9.17, 15) is 14.0 Å². The first kappa shape index (κ1) is 19.9. The van der Waals surface area contributed by atoms with Crippen molar-refractivity contribution < 1.29 is 23.5 Å². The smallest absolute Gasteiger partial charge is 0.337 e. The molecule has 0 saturated heterocycles. The largest absolute Gasteiger partial charge is 0.465 e. The van der Waals surface area contributed by atoms with Crippen LogP contribution in [0.2, 0.25) is 0 Å². The molecule has 0 aliphatic heterocycles. The maximum absolute atomic E-state index is 13.7. The van der Waals surface area contributed by atoms with E-state index in [-0.39, 0.29) is 0 Å². The number of ether oxygens (including phenoxy) is 2. The lowest BCUT2D eigenvalue weighted by Crippen LogP contribution is -2.12. The molecule has 0 amide bonds. The van der Waals surface area contributed by atoms with Gasteiger partial charge in [0, 0.05) is 17.8 Å². The van der Waals surface area contributed by atoms with Crippen LogP contribution in [0.5, 0.6) is 0 Å². The van der Waals surface area contributed by atoms with Crippen LogP contribution in [0.15, 0.2) is 79.0 Å². The van der Waals surface area contributed by atoms with E-state index >= 15 is 0 Å². The number of esters is 2. The number of methoxy groups -OCH3 is 1. The summed E-state index contributed by atoms with van der Waals surface area (Å²) in [5.74, 6) is -1.48. The number of benzene rings is 2. The van der Waals surface area contributed by atoms with Gasteiger partial charge in [-0.25, -0.2) is 14.0 Å². The molecule has 29 heavy (non-hydrogen) atoms. The third-order valence-corrected chi connectivity index (χ3v) is 4.09. The zero-order valence-electron chi connectivity index (χ0n) is 15.6. The minimum absolute atomic E-state index is 0.411. The Labute approximate surface area is 167 Å². The monoisotopic (exact) mass is 391 g/mol. The van der Waals surface area contributed by atoms with Crippen molar-refractivity contribution in [1.82, 2.24) is 4.98 Å². The highest BCUT2D eigenvalue weighted by atomic mass is 19.1. The second kappa shape index (κ2) is 9.41. The number of hydrogen-bond donors (Lipinski definition) is 0. The molecule has 0 fully saturated rings. The van der Waals surface area contributed by atoms with E-state index in [2.05, 4.69) is 9.72 Å². The van der Waals surface area contributed by atoms with E-state index in [1.54, 1.807) is 66.9 Å². The molecule has 3 rings (SSSR count). The van der Waals surface area contributed by atoms with Crippen molar-refractivity contribution in [3.05, 3.63) is 107 Å². The van der Waals surface area contributed by atoms with Crippen molar-refractivity contribution in [2.75, 3.05) is 7.11 Å². The fraction of sp³-hybridized carbons (Fsp3) is 0.0870. The molecule has 0 spiro atoms. The van der Waals surface area contributed by atoms with Gasteiger partial charge in [0.2, 0.25) is 0 Å². The van der Waals surface area contributed by atoms with Gasteiger partial charge in [0.15, 0.2) is 6.10 Å². The molecule has 1 heterocycles. The Morgan fingerprint density at radius 1 is 1.03 bits per heavy atom. The van der Waals surface area contributed by atoms with E-state index in [1.807, 2.05) is 0 Å². The summed E-state index contributed by atoms with van der Waals surface area (Å²) in [5.41, 5.74) is 2.08. The SMILES string of the molecule is COC(=O)c1ccc(/C=C/C(=O)OC(c2cccc(F)c2)c2ccccn2)cc1. The van der Waals surface area contributed by atoms with Gasteiger partial charge in [-0.05, 0) is 48.0 Å². The Morgan fingerprint density at radius 3 is 2.48 bits per heavy atom. The van der Waals surface area contributed by atoms with Gasteiger partial charge < -0.3 is 9.47 Å². The number of halogens is 1. The van der Waals surface area contributed by atoms with Gasteiger partial charge in [-0.15, -0.1) is 0 Å². The van der Waals surface area contributed by atoms with E-state index in [0.29, 0.717) is 22.4 Å². The molecule has 0 N–H and O–H groups in total. The van der Waals surface area contributed by atoms with Crippen LogP contribution >= 0.6 is 0 Å². The summed E-state index contributed by atoms with van der Waals surface area (Å²) >= 11 is 0. The average molecular weight is 391 g/mol. The molecule has 3 aromatic rings. The minimum atomic E-state index is -0.842. The van der Waals surface area contributed by atoms with Crippen LogP contribution in [0.1, 0.15) is 33.3 Å². The number of pyridine rings is 1. The van der Waals surface area contributed by atoms with Gasteiger partial charge in [-0.3, -0.25) is 4.98 Å². The van der Waals surface area contributed by atoms with E-state index < -0.39 is 23.9 Å². The summed E-state index contributed by atoms with van der Waals surface area (Å²) < 4.78 is 23.9. The summed E-state index contributed by atoms with van der Waals surface area (Å²) in [6.45, 7) is 0. The molecular formula is C23H18FNO4.